The van der Waals surface area contributed by atoms with E-state index in [2.05, 4.69) is 9.47 Å². The lowest BCUT2D eigenvalue weighted by Crippen LogP contribution is -2.70. The molecule has 35 heavy (non-hydrogen) atoms. The molecule has 1 aliphatic carbocycles. The number of carbonyl (C=O) groups is 2. The van der Waals surface area contributed by atoms with Gasteiger partial charge in [0, 0.05) is 0 Å². The lowest BCUT2D eigenvalue weighted by Gasteiger charge is -2.40. The van der Waals surface area contributed by atoms with Crippen LogP contribution >= 0.6 is 0 Å². The van der Waals surface area contributed by atoms with Gasteiger partial charge in [0.1, 0.15) is 12.7 Å². The maximum Gasteiger partial charge on any atom is 0.438 e. The van der Waals surface area contributed by atoms with Gasteiger partial charge in [-0.15, -0.1) is 0 Å². The van der Waals surface area contributed by atoms with Crippen molar-refractivity contribution in [3.8, 4) is 0 Å². The molecule has 0 spiro atoms. The maximum atomic E-state index is 14.3. The van der Waals surface area contributed by atoms with E-state index in [1.54, 1.807) is 0 Å². The molecule has 1 unspecified atom stereocenters. The Labute approximate surface area is 193 Å². The molecule has 1 atom stereocenters. The van der Waals surface area contributed by atoms with Gasteiger partial charge in [-0.25, -0.2) is 4.39 Å². The van der Waals surface area contributed by atoms with E-state index >= 15 is 0 Å². The van der Waals surface area contributed by atoms with E-state index < -0.39 is 72.3 Å². The Bertz CT molecular complexity index is 739. The number of rotatable bonds is 10. The zero-order valence-electron chi connectivity index (χ0n) is 18.9. The molecule has 0 amide bonds. The topological polar surface area (TPSA) is 52.6 Å². The maximum absolute atomic E-state index is 14.3. The van der Waals surface area contributed by atoms with Crippen molar-refractivity contribution >= 4 is 11.9 Å². The van der Waals surface area contributed by atoms with E-state index in [1.807, 2.05) is 0 Å². The van der Waals surface area contributed by atoms with Gasteiger partial charge in [0.25, 0.3) is 0 Å². The Morgan fingerprint density at radius 3 is 1.71 bits per heavy atom. The molecule has 0 radical (unpaired) electrons. The summed E-state index contributed by atoms with van der Waals surface area (Å²) in [6.45, 7) is 2.80. The molecule has 206 valence electrons. The van der Waals surface area contributed by atoms with Crippen molar-refractivity contribution in [2.45, 2.75) is 95.3 Å². The molecule has 1 aliphatic rings. The molecule has 1 rings (SSSR count). The van der Waals surface area contributed by atoms with Crippen molar-refractivity contribution < 1.29 is 67.4 Å². The molecule has 0 aromatic carbocycles. The minimum absolute atomic E-state index is 0.133. The standard InChI is InChI=1S/C20H25F11O4/c1-4-15(2,3)14(33)34-10-12(35-13(32)11-7-5-6-8-11)9-16(21,22)18(24,25)17(23,19(26,27)28)20(29,30)31/h11-12H,4-10H2,1-3H3. The van der Waals surface area contributed by atoms with Gasteiger partial charge in [0.15, 0.2) is 0 Å². The number of halogens is 11. The van der Waals surface area contributed by atoms with Crippen LogP contribution in [0.25, 0.3) is 0 Å². The molecule has 4 nitrogen and oxygen atoms in total. The quantitative estimate of drug-likeness (QED) is 0.234. The normalized spacial score (nSPS) is 17.9. The third-order valence-corrected chi connectivity index (χ3v) is 5.97. The molecule has 0 bridgehead atoms. The molecule has 0 saturated heterocycles. The Balaban J connectivity index is 3.30. The summed E-state index contributed by atoms with van der Waals surface area (Å²) in [5.74, 6) is -16.9. The zero-order valence-corrected chi connectivity index (χ0v) is 18.9. The van der Waals surface area contributed by atoms with E-state index in [-0.39, 0.29) is 19.3 Å². The average Bonchev–Trinajstić information content (AvgIpc) is 3.23. The highest BCUT2D eigenvalue weighted by molar-refractivity contribution is 5.76. The summed E-state index contributed by atoms with van der Waals surface area (Å²) in [5.41, 5.74) is -8.87. The predicted molar refractivity (Wildman–Crippen MR) is 97.3 cm³/mol. The van der Waals surface area contributed by atoms with Crippen LogP contribution in [0, 0.1) is 11.3 Å². The number of alkyl halides is 11. The van der Waals surface area contributed by atoms with Crippen molar-refractivity contribution in [1.82, 2.24) is 0 Å². The molecular weight excluding hydrogens is 513 g/mol. The van der Waals surface area contributed by atoms with Crippen LogP contribution in [0.2, 0.25) is 0 Å². The second-order valence-corrected chi connectivity index (χ2v) is 9.01. The van der Waals surface area contributed by atoms with Crippen molar-refractivity contribution in [1.29, 1.82) is 0 Å². The van der Waals surface area contributed by atoms with Crippen molar-refractivity contribution in [3.63, 3.8) is 0 Å². The largest absolute Gasteiger partial charge is 0.461 e. The van der Waals surface area contributed by atoms with Gasteiger partial charge in [-0.3, -0.25) is 9.59 Å². The van der Waals surface area contributed by atoms with Gasteiger partial charge < -0.3 is 9.47 Å². The van der Waals surface area contributed by atoms with Crippen LogP contribution in [0.4, 0.5) is 48.3 Å². The summed E-state index contributed by atoms with van der Waals surface area (Å²) in [6.07, 6.45) is -18.7. The van der Waals surface area contributed by atoms with Crippen LogP contribution in [-0.4, -0.2) is 54.5 Å². The van der Waals surface area contributed by atoms with E-state index in [1.165, 1.54) is 20.8 Å². The predicted octanol–water partition coefficient (Wildman–Crippen LogP) is 6.56. The van der Waals surface area contributed by atoms with Crippen LogP contribution in [0.15, 0.2) is 0 Å². The first kappa shape index (κ1) is 31.2. The fourth-order valence-electron chi connectivity index (χ4n) is 3.25. The highest BCUT2D eigenvalue weighted by Crippen LogP contribution is 2.60. The monoisotopic (exact) mass is 538 g/mol. The summed E-state index contributed by atoms with van der Waals surface area (Å²) >= 11 is 0. The fraction of sp³-hybridized carbons (Fsp3) is 0.900. The third kappa shape index (κ3) is 6.30. The third-order valence-electron chi connectivity index (χ3n) is 5.97. The number of hydrogen-bond donors (Lipinski definition) is 0. The minimum Gasteiger partial charge on any atom is -0.461 e. The Hall–Kier alpha value is -1.83. The Kier molecular flexibility index (Phi) is 9.15. The lowest BCUT2D eigenvalue weighted by atomic mass is 9.88. The van der Waals surface area contributed by atoms with Crippen LogP contribution < -0.4 is 0 Å². The van der Waals surface area contributed by atoms with E-state index in [9.17, 15) is 57.9 Å². The molecule has 1 saturated carbocycles. The molecular formula is C20H25F11O4. The smallest absolute Gasteiger partial charge is 0.438 e. The first-order valence-corrected chi connectivity index (χ1v) is 10.5. The summed E-state index contributed by atoms with van der Waals surface area (Å²) < 4.78 is 156. The number of carbonyl (C=O) groups excluding carboxylic acids is 2. The minimum atomic E-state index is -7.63. The SMILES string of the molecule is CCC(C)(C)C(=O)OCC(CC(F)(F)C(F)(F)C(F)(C(F)(F)F)C(F)(F)F)OC(=O)C1CCCC1. The lowest BCUT2D eigenvalue weighted by molar-refractivity contribution is -0.428. The van der Waals surface area contributed by atoms with Gasteiger partial charge in [-0.1, -0.05) is 19.8 Å². The van der Waals surface area contributed by atoms with Crippen molar-refractivity contribution in [2.75, 3.05) is 6.61 Å². The second-order valence-electron chi connectivity index (χ2n) is 9.01. The van der Waals surface area contributed by atoms with E-state index in [4.69, 9.17) is 0 Å². The Morgan fingerprint density at radius 2 is 1.31 bits per heavy atom. The highest BCUT2D eigenvalue weighted by atomic mass is 19.4. The van der Waals surface area contributed by atoms with Gasteiger partial charge >= 0.3 is 41.8 Å². The van der Waals surface area contributed by atoms with Crippen LogP contribution in [-0.2, 0) is 19.1 Å². The first-order valence-electron chi connectivity index (χ1n) is 10.5. The summed E-state index contributed by atoms with van der Waals surface area (Å²) in [6, 6.07) is 0. The number of esters is 2. The van der Waals surface area contributed by atoms with Crippen LogP contribution in [0.5, 0.6) is 0 Å². The van der Waals surface area contributed by atoms with E-state index in [0.717, 1.165) is 0 Å². The van der Waals surface area contributed by atoms with Gasteiger partial charge in [0.2, 0.25) is 0 Å². The zero-order chi connectivity index (χ0) is 27.7. The first-order chi connectivity index (χ1) is 15.5. The number of ether oxygens (including phenoxy) is 2. The molecule has 0 aromatic heterocycles. The van der Waals surface area contributed by atoms with Crippen molar-refractivity contribution in [3.05, 3.63) is 0 Å². The summed E-state index contributed by atoms with van der Waals surface area (Å²) in [7, 11) is 0. The fourth-order valence-corrected chi connectivity index (χ4v) is 3.25. The van der Waals surface area contributed by atoms with E-state index in [0.29, 0.717) is 12.8 Å². The van der Waals surface area contributed by atoms with Gasteiger partial charge in [-0.05, 0) is 33.1 Å². The van der Waals surface area contributed by atoms with Crippen LogP contribution in [0.1, 0.15) is 59.3 Å². The summed E-state index contributed by atoms with van der Waals surface area (Å²) in [4.78, 5) is 24.2. The van der Waals surface area contributed by atoms with Gasteiger partial charge in [0.05, 0.1) is 17.8 Å². The number of hydrogen-bond acceptors (Lipinski definition) is 4. The Morgan fingerprint density at radius 1 is 0.857 bits per heavy atom. The molecule has 0 N–H and O–H groups in total. The molecule has 0 aliphatic heterocycles. The summed E-state index contributed by atoms with van der Waals surface area (Å²) in [5, 5.41) is 0. The second kappa shape index (κ2) is 10.3. The molecule has 0 aromatic rings. The molecule has 0 heterocycles. The van der Waals surface area contributed by atoms with Crippen molar-refractivity contribution in [2.24, 2.45) is 11.3 Å². The highest BCUT2D eigenvalue weighted by Gasteiger charge is 2.90. The van der Waals surface area contributed by atoms with Gasteiger partial charge in [-0.2, -0.15) is 43.9 Å². The molecule has 1 fully saturated rings. The van der Waals surface area contributed by atoms with Crippen LogP contribution in [0.3, 0.4) is 0 Å². The average molecular weight is 538 g/mol. The molecule has 15 heteroatoms.